The SMILES string of the molecule is CC(=NC(=O)OCc1ccc([N+](=O)[O-])cc1)N1CCC(SC(=O)C[C@@H]2[C@@H]([C@@H](C)OC(=O)OCc3ccc([N+](=O)[O-])cc3)C(=O)N2C(=O)C(=O)OCc2ccc([N+](=O)[O-])cc2)C1. The van der Waals surface area contributed by atoms with Crippen LogP contribution >= 0.6 is 11.8 Å². The van der Waals surface area contributed by atoms with E-state index in [1.54, 1.807) is 11.8 Å². The average Bonchev–Trinajstić information content (AvgIpc) is 3.70. The van der Waals surface area contributed by atoms with Gasteiger partial charge in [0, 0.05) is 61.2 Å². The van der Waals surface area contributed by atoms with E-state index in [0.29, 0.717) is 40.4 Å². The highest BCUT2D eigenvalue weighted by Crippen LogP contribution is 2.36. The second-order valence-electron chi connectivity index (χ2n) is 13.6. The molecule has 0 spiro atoms. The number of imide groups is 1. The molecule has 2 heterocycles. The molecule has 0 N–H and O–H groups in total. The van der Waals surface area contributed by atoms with Crippen LogP contribution in [0.15, 0.2) is 77.8 Å². The fourth-order valence-corrected chi connectivity index (χ4v) is 7.42. The molecule has 2 aliphatic rings. The zero-order valence-corrected chi connectivity index (χ0v) is 33.1. The van der Waals surface area contributed by atoms with Gasteiger partial charge in [-0.2, -0.15) is 4.99 Å². The highest BCUT2D eigenvalue weighted by molar-refractivity contribution is 8.14. The number of carbonyl (C=O) groups excluding carboxylic acids is 6. The van der Waals surface area contributed by atoms with Crippen molar-refractivity contribution in [2.45, 2.75) is 63.9 Å². The summed E-state index contributed by atoms with van der Waals surface area (Å²) < 4.78 is 20.6. The van der Waals surface area contributed by atoms with Crippen LogP contribution in [-0.2, 0) is 57.9 Å². The fraction of sp³-hybridized carbons (Fsp3) is 0.342. The molecule has 0 bridgehead atoms. The quantitative estimate of drug-likeness (QED) is 0.0300. The van der Waals surface area contributed by atoms with Gasteiger partial charge in [0.05, 0.1) is 26.7 Å². The van der Waals surface area contributed by atoms with Gasteiger partial charge in [0.2, 0.25) is 5.91 Å². The molecule has 0 radical (unpaired) electrons. The Morgan fingerprint density at radius 2 is 1.25 bits per heavy atom. The van der Waals surface area contributed by atoms with Crippen molar-refractivity contribution in [2.75, 3.05) is 13.1 Å². The standard InChI is InChI=1S/C38H36N6O16S/c1-22(60-38(50)59-21-26-7-13-29(14-8-26)44(55)56)33-31(41(34(33)46)35(47)36(48)57-19-24-3-9-27(10-4-24)42(51)52)17-32(45)61-30-15-16-40(18-30)23(2)39-37(49)58-20-25-5-11-28(12-6-25)43(53)54/h3-14,22,30-31,33H,15-21H2,1-2H3/t22-,30?,31-,33-/m1/s1. The zero-order valence-electron chi connectivity index (χ0n) is 32.3. The number of esters is 1. The summed E-state index contributed by atoms with van der Waals surface area (Å²) in [6.45, 7) is 2.64. The van der Waals surface area contributed by atoms with Crippen molar-refractivity contribution in [1.29, 1.82) is 0 Å². The Kier molecular flexibility index (Phi) is 14.8. The number of nitrogens with zero attached hydrogens (tertiary/aromatic N) is 6. The van der Waals surface area contributed by atoms with Gasteiger partial charge in [-0.05, 0) is 73.4 Å². The molecule has 0 aromatic heterocycles. The molecule has 3 aromatic rings. The van der Waals surface area contributed by atoms with Gasteiger partial charge in [0.25, 0.3) is 17.1 Å². The van der Waals surface area contributed by atoms with Crippen molar-refractivity contribution in [3.05, 3.63) is 120 Å². The molecule has 22 nitrogen and oxygen atoms in total. The number of hydrogen-bond donors (Lipinski definition) is 0. The van der Waals surface area contributed by atoms with Crippen LogP contribution in [0.25, 0.3) is 0 Å². The van der Waals surface area contributed by atoms with E-state index < -0.39 is 81.0 Å². The topological polar surface area (TPSA) is 288 Å². The number of amidine groups is 1. The average molecular weight is 865 g/mol. The third-order valence-electron chi connectivity index (χ3n) is 9.51. The van der Waals surface area contributed by atoms with Crippen LogP contribution in [0.3, 0.4) is 0 Å². The van der Waals surface area contributed by atoms with Crippen LogP contribution in [0.2, 0.25) is 0 Å². The number of aliphatic imine (C=N–C) groups is 1. The number of β-lactam (4-membered cyclic amide) rings is 1. The molecule has 320 valence electrons. The molecule has 23 heteroatoms. The van der Waals surface area contributed by atoms with E-state index in [2.05, 4.69) is 4.99 Å². The number of likely N-dealkylation sites (tertiary alicyclic amines) is 2. The van der Waals surface area contributed by atoms with Crippen molar-refractivity contribution >= 4 is 69.8 Å². The monoisotopic (exact) mass is 864 g/mol. The van der Waals surface area contributed by atoms with E-state index in [4.69, 9.17) is 18.9 Å². The summed E-state index contributed by atoms with van der Waals surface area (Å²) in [5.74, 6) is -4.73. The first kappa shape index (κ1) is 44.8. The van der Waals surface area contributed by atoms with E-state index in [9.17, 15) is 59.1 Å². The van der Waals surface area contributed by atoms with Crippen molar-refractivity contribution in [3.63, 3.8) is 0 Å². The first-order valence-electron chi connectivity index (χ1n) is 18.2. The van der Waals surface area contributed by atoms with Gasteiger partial charge >= 0.3 is 24.1 Å². The Morgan fingerprint density at radius 3 is 1.74 bits per heavy atom. The van der Waals surface area contributed by atoms with Crippen molar-refractivity contribution in [3.8, 4) is 0 Å². The molecule has 2 saturated heterocycles. The van der Waals surface area contributed by atoms with Crippen LogP contribution in [0.5, 0.6) is 0 Å². The molecule has 5 rings (SSSR count). The summed E-state index contributed by atoms with van der Waals surface area (Å²) in [6, 6.07) is 14.3. The lowest BCUT2D eigenvalue weighted by Gasteiger charge is -2.46. The third-order valence-corrected chi connectivity index (χ3v) is 10.7. The minimum atomic E-state index is -1.45. The summed E-state index contributed by atoms with van der Waals surface area (Å²) in [5.41, 5.74) is 0.705. The molecule has 0 aliphatic carbocycles. The fourth-order valence-electron chi connectivity index (χ4n) is 6.30. The maximum Gasteiger partial charge on any atom is 0.508 e. The third kappa shape index (κ3) is 11.9. The molecule has 1 unspecified atom stereocenters. The van der Waals surface area contributed by atoms with Gasteiger partial charge in [-0.15, -0.1) is 0 Å². The number of carbonyl (C=O) groups is 6. The van der Waals surface area contributed by atoms with Gasteiger partial charge in [-0.25, -0.2) is 14.4 Å². The molecular weight excluding hydrogens is 829 g/mol. The summed E-state index contributed by atoms with van der Waals surface area (Å²) >= 11 is 0.918. The summed E-state index contributed by atoms with van der Waals surface area (Å²) in [5, 5.41) is 31.9. The first-order chi connectivity index (χ1) is 29.0. The first-order valence-corrected chi connectivity index (χ1v) is 19.1. The molecule has 3 amide bonds. The Labute approximate surface area is 349 Å². The second-order valence-corrected chi connectivity index (χ2v) is 14.9. The smallest absolute Gasteiger partial charge is 0.454 e. The molecule has 0 saturated carbocycles. The van der Waals surface area contributed by atoms with Crippen molar-refractivity contribution in [1.82, 2.24) is 9.80 Å². The number of nitro benzene ring substituents is 3. The molecule has 3 aromatic carbocycles. The predicted octanol–water partition coefficient (Wildman–Crippen LogP) is 5.03. The maximum absolute atomic E-state index is 13.5. The molecule has 4 atom stereocenters. The summed E-state index contributed by atoms with van der Waals surface area (Å²) in [4.78, 5) is 115. The second kappa shape index (κ2) is 20.1. The number of amides is 3. The Balaban J connectivity index is 1.19. The lowest BCUT2D eigenvalue weighted by Crippen LogP contribution is -2.68. The number of rotatable bonds is 14. The summed E-state index contributed by atoms with van der Waals surface area (Å²) in [7, 11) is 0. The van der Waals surface area contributed by atoms with Crippen molar-refractivity contribution < 1.29 is 62.5 Å². The number of non-ortho nitro benzene ring substituents is 3. The number of benzene rings is 3. The Morgan fingerprint density at radius 1 is 0.770 bits per heavy atom. The lowest BCUT2D eigenvalue weighted by molar-refractivity contribution is -0.385. The van der Waals surface area contributed by atoms with E-state index in [0.717, 1.165) is 11.8 Å². The molecular formula is C38H36N6O16S. The van der Waals surface area contributed by atoms with Gasteiger partial charge < -0.3 is 23.8 Å². The minimum absolute atomic E-state index is 0.116. The highest BCUT2D eigenvalue weighted by Gasteiger charge is 2.56. The minimum Gasteiger partial charge on any atom is -0.454 e. The van der Waals surface area contributed by atoms with Crippen LogP contribution in [0, 0.1) is 36.3 Å². The van der Waals surface area contributed by atoms with Crippen LogP contribution in [0.4, 0.5) is 26.7 Å². The van der Waals surface area contributed by atoms with E-state index in [1.165, 1.54) is 79.7 Å². The highest BCUT2D eigenvalue weighted by atomic mass is 32.2. The van der Waals surface area contributed by atoms with Crippen molar-refractivity contribution in [2.24, 2.45) is 10.9 Å². The number of thioether (sulfide) groups is 1. The predicted molar refractivity (Wildman–Crippen MR) is 209 cm³/mol. The molecule has 2 aliphatic heterocycles. The molecule has 61 heavy (non-hydrogen) atoms. The Hall–Kier alpha value is -7.30. The normalized spacial score (nSPS) is 17.7. The number of ether oxygens (including phenoxy) is 4. The van der Waals surface area contributed by atoms with Crippen LogP contribution in [0.1, 0.15) is 43.4 Å². The number of hydrogen-bond acceptors (Lipinski definition) is 17. The van der Waals surface area contributed by atoms with Gasteiger partial charge in [-0.1, -0.05) is 11.8 Å². The van der Waals surface area contributed by atoms with E-state index in [1.807, 2.05) is 0 Å². The lowest BCUT2D eigenvalue weighted by atomic mass is 9.81. The van der Waals surface area contributed by atoms with Gasteiger partial charge in [0.15, 0.2) is 5.12 Å². The Bertz CT molecular complexity index is 2240. The van der Waals surface area contributed by atoms with E-state index >= 15 is 0 Å². The zero-order chi connectivity index (χ0) is 44.4. The maximum atomic E-state index is 13.5. The largest absolute Gasteiger partial charge is 0.508 e. The van der Waals surface area contributed by atoms with Crippen LogP contribution in [-0.4, -0.2) is 96.0 Å². The van der Waals surface area contributed by atoms with Gasteiger partial charge in [-0.3, -0.25) is 49.6 Å². The van der Waals surface area contributed by atoms with E-state index in [-0.39, 0.29) is 42.1 Å². The number of nitro groups is 3. The molecule has 2 fully saturated rings. The summed E-state index contributed by atoms with van der Waals surface area (Å²) in [6.07, 6.45) is -3.35. The van der Waals surface area contributed by atoms with Gasteiger partial charge in [0.1, 0.15) is 31.8 Å². The van der Waals surface area contributed by atoms with Crippen LogP contribution < -0.4 is 0 Å².